The lowest BCUT2D eigenvalue weighted by Crippen LogP contribution is -2.26. The van der Waals surface area contributed by atoms with E-state index in [1.54, 1.807) is 12.3 Å². The molecule has 1 aromatic heterocycles. The number of hydrogen-bond donors (Lipinski definition) is 1. The zero-order valence-electron chi connectivity index (χ0n) is 11.3. The van der Waals surface area contributed by atoms with Gasteiger partial charge in [-0.2, -0.15) is 0 Å². The number of pyridine rings is 1. The quantitative estimate of drug-likeness (QED) is 0.895. The molecule has 18 heavy (non-hydrogen) atoms. The number of anilines is 1. The van der Waals surface area contributed by atoms with Gasteiger partial charge in [0.1, 0.15) is 5.82 Å². The molecule has 0 spiro atoms. The van der Waals surface area contributed by atoms with Gasteiger partial charge in [-0.05, 0) is 29.4 Å². The average Bonchev–Trinajstić information content (AvgIpc) is 2.77. The highest BCUT2D eigenvalue weighted by Crippen LogP contribution is 2.36. The normalized spacial score (nSPS) is 20.5. The Balaban J connectivity index is 2.14. The molecule has 1 aliphatic rings. The first-order valence-electron chi connectivity index (χ1n) is 6.42. The third-order valence-corrected chi connectivity index (χ3v) is 4.05. The van der Waals surface area contributed by atoms with Crippen LogP contribution >= 0.6 is 11.6 Å². The van der Waals surface area contributed by atoms with Gasteiger partial charge in [0.15, 0.2) is 0 Å². The minimum absolute atomic E-state index is 0.0163. The van der Waals surface area contributed by atoms with Crippen molar-refractivity contribution in [2.75, 3.05) is 18.0 Å². The first-order valence-corrected chi connectivity index (χ1v) is 6.80. The number of aliphatic hydroxyl groups excluding tert-OH is 1. The van der Waals surface area contributed by atoms with Crippen molar-refractivity contribution in [2.45, 2.75) is 33.8 Å². The van der Waals surface area contributed by atoms with Crippen molar-refractivity contribution in [1.29, 1.82) is 0 Å². The number of aliphatic hydroxyl groups is 1. The third-order valence-electron chi connectivity index (χ3n) is 3.77. The van der Waals surface area contributed by atoms with Gasteiger partial charge in [0, 0.05) is 19.3 Å². The summed E-state index contributed by atoms with van der Waals surface area (Å²) in [5, 5.41) is 9.69. The van der Waals surface area contributed by atoms with Crippen molar-refractivity contribution in [3.05, 3.63) is 22.8 Å². The van der Waals surface area contributed by atoms with Crippen LogP contribution in [0.5, 0.6) is 0 Å². The van der Waals surface area contributed by atoms with Crippen molar-refractivity contribution >= 4 is 17.4 Å². The van der Waals surface area contributed by atoms with Gasteiger partial charge >= 0.3 is 0 Å². The summed E-state index contributed by atoms with van der Waals surface area (Å²) in [5.74, 6) is 1.52. The Morgan fingerprint density at radius 1 is 1.50 bits per heavy atom. The lowest BCUT2D eigenvalue weighted by molar-refractivity contribution is 0.263. The largest absolute Gasteiger partial charge is 0.392 e. The first-order chi connectivity index (χ1) is 8.41. The molecule has 0 radical (unpaired) electrons. The van der Waals surface area contributed by atoms with Crippen molar-refractivity contribution in [3.8, 4) is 0 Å². The molecule has 1 fully saturated rings. The van der Waals surface area contributed by atoms with Crippen LogP contribution in [-0.4, -0.2) is 23.2 Å². The number of nitrogens with zero attached hydrogens (tertiary/aromatic N) is 2. The van der Waals surface area contributed by atoms with E-state index in [4.69, 9.17) is 16.7 Å². The summed E-state index contributed by atoms with van der Waals surface area (Å²) in [5.41, 5.74) is 1.09. The minimum atomic E-state index is -0.0163. The minimum Gasteiger partial charge on any atom is -0.392 e. The van der Waals surface area contributed by atoms with Crippen molar-refractivity contribution in [2.24, 2.45) is 11.3 Å². The van der Waals surface area contributed by atoms with Gasteiger partial charge < -0.3 is 10.0 Å². The molecule has 1 N–H and O–H groups in total. The Hall–Kier alpha value is -0.800. The molecule has 2 rings (SSSR count). The van der Waals surface area contributed by atoms with Gasteiger partial charge in [-0.1, -0.05) is 32.4 Å². The first kappa shape index (κ1) is 13.6. The maximum Gasteiger partial charge on any atom is 0.147 e. The van der Waals surface area contributed by atoms with E-state index in [0.717, 1.165) is 24.5 Å². The van der Waals surface area contributed by atoms with Crippen LogP contribution in [-0.2, 0) is 6.61 Å². The molecule has 100 valence electrons. The van der Waals surface area contributed by atoms with E-state index in [1.807, 2.05) is 0 Å². The summed E-state index contributed by atoms with van der Waals surface area (Å²) in [4.78, 5) is 6.63. The van der Waals surface area contributed by atoms with Crippen molar-refractivity contribution in [3.63, 3.8) is 0 Å². The van der Waals surface area contributed by atoms with Gasteiger partial charge in [0.05, 0.1) is 11.6 Å². The number of rotatable bonds is 2. The van der Waals surface area contributed by atoms with Crippen molar-refractivity contribution in [1.82, 2.24) is 4.98 Å². The van der Waals surface area contributed by atoms with Crippen LogP contribution in [0.3, 0.4) is 0 Å². The molecule has 0 aliphatic carbocycles. The fourth-order valence-corrected chi connectivity index (χ4v) is 2.76. The second-order valence-corrected chi connectivity index (χ2v) is 6.51. The maximum atomic E-state index is 9.05. The molecule has 1 unspecified atom stereocenters. The highest BCUT2D eigenvalue weighted by molar-refractivity contribution is 6.33. The topological polar surface area (TPSA) is 36.4 Å². The highest BCUT2D eigenvalue weighted by atomic mass is 35.5. The Labute approximate surface area is 114 Å². The summed E-state index contributed by atoms with van der Waals surface area (Å²) in [7, 11) is 0. The van der Waals surface area contributed by atoms with Crippen LogP contribution in [0.15, 0.2) is 12.3 Å². The molecule has 4 heteroatoms. The van der Waals surface area contributed by atoms with E-state index in [9.17, 15) is 0 Å². The molecular formula is C14H21ClN2O. The second-order valence-electron chi connectivity index (χ2n) is 6.10. The van der Waals surface area contributed by atoms with Crippen LogP contribution in [0.25, 0.3) is 0 Å². The number of halogens is 1. The number of hydrogen-bond acceptors (Lipinski definition) is 3. The van der Waals surface area contributed by atoms with Gasteiger partial charge in [0.2, 0.25) is 0 Å². The van der Waals surface area contributed by atoms with Crippen LogP contribution in [0.4, 0.5) is 5.82 Å². The standard InChI is InChI=1S/C14H21ClN2O/c1-14(2,3)11-4-5-17(8-11)13-12(15)6-10(9-18)7-16-13/h6-7,11,18H,4-5,8-9H2,1-3H3. The van der Waals surface area contributed by atoms with E-state index >= 15 is 0 Å². The van der Waals surface area contributed by atoms with Crippen LogP contribution in [0.1, 0.15) is 32.8 Å². The molecule has 0 amide bonds. The zero-order valence-corrected chi connectivity index (χ0v) is 12.0. The Kier molecular flexibility index (Phi) is 3.83. The fraction of sp³-hybridized carbons (Fsp3) is 0.643. The molecule has 2 heterocycles. The fourth-order valence-electron chi connectivity index (χ4n) is 2.45. The van der Waals surface area contributed by atoms with Crippen LogP contribution in [0, 0.1) is 11.3 Å². The molecular weight excluding hydrogens is 248 g/mol. The Bertz CT molecular complexity index is 428. The van der Waals surface area contributed by atoms with E-state index in [0.29, 0.717) is 16.4 Å². The molecule has 3 nitrogen and oxygen atoms in total. The summed E-state index contributed by atoms with van der Waals surface area (Å²) in [6.45, 7) is 8.85. The number of aromatic nitrogens is 1. The van der Waals surface area contributed by atoms with Gasteiger partial charge in [-0.15, -0.1) is 0 Å². The summed E-state index contributed by atoms with van der Waals surface area (Å²) < 4.78 is 0. The average molecular weight is 269 g/mol. The predicted octanol–water partition coefficient (Wildman–Crippen LogP) is 3.10. The Morgan fingerprint density at radius 3 is 2.72 bits per heavy atom. The monoisotopic (exact) mass is 268 g/mol. The van der Waals surface area contributed by atoms with E-state index in [2.05, 4.69) is 30.7 Å². The van der Waals surface area contributed by atoms with Gasteiger partial charge in [0.25, 0.3) is 0 Å². The summed E-state index contributed by atoms with van der Waals surface area (Å²) in [6, 6.07) is 1.80. The molecule has 1 aromatic rings. The van der Waals surface area contributed by atoms with E-state index in [-0.39, 0.29) is 6.61 Å². The molecule has 0 saturated carbocycles. The maximum absolute atomic E-state index is 9.05. The predicted molar refractivity (Wildman–Crippen MR) is 74.9 cm³/mol. The highest BCUT2D eigenvalue weighted by Gasteiger charge is 2.32. The molecule has 1 atom stereocenters. The smallest absolute Gasteiger partial charge is 0.147 e. The van der Waals surface area contributed by atoms with Gasteiger partial charge in [-0.25, -0.2) is 4.98 Å². The molecule has 1 saturated heterocycles. The lowest BCUT2D eigenvalue weighted by atomic mass is 9.80. The van der Waals surface area contributed by atoms with E-state index in [1.165, 1.54) is 6.42 Å². The lowest BCUT2D eigenvalue weighted by Gasteiger charge is -2.27. The third kappa shape index (κ3) is 2.78. The molecule has 0 bridgehead atoms. The van der Waals surface area contributed by atoms with Crippen LogP contribution in [0.2, 0.25) is 5.02 Å². The molecule has 1 aliphatic heterocycles. The SMILES string of the molecule is CC(C)(C)C1CCN(c2ncc(CO)cc2Cl)C1. The zero-order chi connectivity index (χ0) is 13.3. The van der Waals surface area contributed by atoms with Crippen LogP contribution < -0.4 is 4.90 Å². The van der Waals surface area contributed by atoms with Gasteiger partial charge in [-0.3, -0.25) is 0 Å². The van der Waals surface area contributed by atoms with Crippen molar-refractivity contribution < 1.29 is 5.11 Å². The van der Waals surface area contributed by atoms with E-state index < -0.39 is 0 Å². The summed E-state index contributed by atoms with van der Waals surface area (Å²) >= 11 is 6.23. The Morgan fingerprint density at radius 2 is 2.22 bits per heavy atom. The molecule has 0 aromatic carbocycles. The second kappa shape index (κ2) is 5.06. The summed E-state index contributed by atoms with van der Waals surface area (Å²) in [6.07, 6.45) is 2.88.